The van der Waals surface area contributed by atoms with E-state index in [4.69, 9.17) is 9.47 Å². The predicted molar refractivity (Wildman–Crippen MR) is 214 cm³/mol. The van der Waals surface area contributed by atoms with Gasteiger partial charge in [-0.05, 0) is 132 Å². The number of carbonyl (C=O) groups excluding carboxylic acids is 2. The van der Waals surface area contributed by atoms with Crippen molar-refractivity contribution >= 4 is 11.9 Å². The minimum Gasteiger partial charge on any atom is -0.426 e. The quantitative estimate of drug-likeness (QED) is 0.221. The van der Waals surface area contributed by atoms with E-state index in [2.05, 4.69) is 107 Å². The van der Waals surface area contributed by atoms with Crippen LogP contribution in [0, 0.1) is 57.2 Å². The zero-order valence-electron chi connectivity index (χ0n) is 35.0. The lowest BCUT2D eigenvalue weighted by Gasteiger charge is -2.45. The fourth-order valence-electron chi connectivity index (χ4n) is 9.83. The Morgan fingerprint density at radius 3 is 1.02 bits per heavy atom. The van der Waals surface area contributed by atoms with E-state index in [1.54, 1.807) is 0 Å². The summed E-state index contributed by atoms with van der Waals surface area (Å²) in [5, 5.41) is 0. The minimum absolute atomic E-state index is 0.0721. The van der Waals surface area contributed by atoms with Crippen molar-refractivity contribution in [1.29, 1.82) is 0 Å². The number of rotatable bonds is 6. The van der Waals surface area contributed by atoms with E-state index < -0.39 is 0 Å². The fraction of sp³-hybridized carbons (Fsp3) is 0.708. The van der Waals surface area contributed by atoms with Gasteiger partial charge in [0.15, 0.2) is 0 Å². The Labute approximate surface area is 317 Å². The van der Waals surface area contributed by atoms with Gasteiger partial charge in [-0.3, -0.25) is 9.59 Å². The first-order valence-corrected chi connectivity index (χ1v) is 20.7. The molecule has 3 saturated carbocycles. The molecule has 0 N–H and O–H groups in total. The smallest absolute Gasteiger partial charge is 0.314 e. The van der Waals surface area contributed by atoms with E-state index in [1.807, 2.05) is 24.3 Å². The zero-order chi connectivity index (χ0) is 38.3. The van der Waals surface area contributed by atoms with Crippen LogP contribution < -0.4 is 9.47 Å². The second-order valence-corrected chi connectivity index (χ2v) is 21.6. The largest absolute Gasteiger partial charge is 0.426 e. The maximum Gasteiger partial charge on any atom is 0.314 e. The molecule has 52 heavy (non-hydrogen) atoms. The number of carbonyl (C=O) groups is 2. The van der Waals surface area contributed by atoms with Gasteiger partial charge in [-0.2, -0.15) is 0 Å². The average Bonchev–Trinajstić information content (AvgIpc) is 3.07. The summed E-state index contributed by atoms with van der Waals surface area (Å²) in [6, 6.07) is 16.7. The molecule has 3 aliphatic carbocycles. The third kappa shape index (κ3) is 9.54. The van der Waals surface area contributed by atoms with Crippen LogP contribution in [0.15, 0.2) is 48.5 Å². The van der Waals surface area contributed by atoms with Crippen LogP contribution in [0.1, 0.15) is 165 Å². The molecule has 1 unspecified atom stereocenters. The number of benzene rings is 2. The molecule has 0 spiro atoms. The lowest BCUT2D eigenvalue weighted by Crippen LogP contribution is -2.39. The Morgan fingerprint density at radius 2 is 0.750 bits per heavy atom. The van der Waals surface area contributed by atoms with Crippen molar-refractivity contribution in [2.24, 2.45) is 57.2 Å². The molecule has 288 valence electrons. The van der Waals surface area contributed by atoms with Gasteiger partial charge in [0.2, 0.25) is 0 Å². The van der Waals surface area contributed by atoms with Gasteiger partial charge in [0, 0.05) is 5.41 Å². The van der Waals surface area contributed by atoms with Gasteiger partial charge in [-0.25, -0.2) is 0 Å². The Hall–Kier alpha value is -2.62. The van der Waals surface area contributed by atoms with Crippen LogP contribution in [0.4, 0.5) is 0 Å². The maximum atomic E-state index is 13.7. The van der Waals surface area contributed by atoms with Crippen molar-refractivity contribution in [2.75, 3.05) is 0 Å². The normalized spacial score (nSPS) is 27.5. The highest BCUT2D eigenvalue weighted by atomic mass is 16.5. The first kappa shape index (κ1) is 40.6. The van der Waals surface area contributed by atoms with Crippen molar-refractivity contribution in [1.82, 2.24) is 0 Å². The molecule has 3 fully saturated rings. The van der Waals surface area contributed by atoms with Crippen LogP contribution in [0.5, 0.6) is 11.5 Å². The monoisotopic (exact) mass is 713 g/mol. The molecule has 5 rings (SSSR count). The van der Waals surface area contributed by atoms with Crippen molar-refractivity contribution in [2.45, 2.75) is 159 Å². The van der Waals surface area contributed by atoms with E-state index in [0.29, 0.717) is 35.2 Å². The molecule has 4 heteroatoms. The van der Waals surface area contributed by atoms with Crippen LogP contribution in [0.2, 0.25) is 0 Å². The summed E-state index contributed by atoms with van der Waals surface area (Å²) in [5.74, 6) is 2.97. The van der Waals surface area contributed by atoms with Crippen molar-refractivity contribution in [3.8, 4) is 11.5 Å². The summed E-state index contributed by atoms with van der Waals surface area (Å²) in [7, 11) is 0. The Kier molecular flexibility index (Phi) is 11.9. The van der Waals surface area contributed by atoms with Crippen LogP contribution >= 0.6 is 0 Å². The maximum absolute atomic E-state index is 13.7. The third-order valence-corrected chi connectivity index (χ3v) is 13.9. The minimum atomic E-state index is -0.115. The highest BCUT2D eigenvalue weighted by Crippen LogP contribution is 2.51. The molecule has 0 aromatic heterocycles. The highest BCUT2D eigenvalue weighted by Gasteiger charge is 2.44. The summed E-state index contributed by atoms with van der Waals surface area (Å²) in [4.78, 5) is 27.3. The summed E-state index contributed by atoms with van der Waals surface area (Å²) in [5.41, 5.74) is 3.07. The second kappa shape index (κ2) is 15.3. The highest BCUT2D eigenvalue weighted by molar-refractivity contribution is 5.76. The summed E-state index contributed by atoms with van der Waals surface area (Å²) < 4.78 is 12.2. The molecule has 4 nitrogen and oxygen atoms in total. The molecule has 0 radical (unpaired) electrons. The molecule has 2 aromatic rings. The van der Waals surface area contributed by atoms with Crippen LogP contribution in [-0.4, -0.2) is 11.9 Å². The van der Waals surface area contributed by atoms with Crippen molar-refractivity contribution in [3.63, 3.8) is 0 Å². The second-order valence-electron chi connectivity index (χ2n) is 21.6. The Balaban J connectivity index is 1.29. The van der Waals surface area contributed by atoms with Gasteiger partial charge in [0.1, 0.15) is 11.5 Å². The number of hydrogen-bond donors (Lipinski definition) is 0. The van der Waals surface area contributed by atoms with E-state index >= 15 is 0 Å². The number of esters is 2. The van der Waals surface area contributed by atoms with Gasteiger partial charge in [-0.1, -0.05) is 127 Å². The van der Waals surface area contributed by atoms with E-state index in [0.717, 1.165) is 38.5 Å². The molecule has 0 aliphatic heterocycles. The van der Waals surface area contributed by atoms with Crippen molar-refractivity contribution < 1.29 is 19.1 Å². The molecule has 5 atom stereocenters. The molecule has 0 saturated heterocycles. The molecule has 0 bridgehead atoms. The van der Waals surface area contributed by atoms with Gasteiger partial charge in [-0.15, -0.1) is 0 Å². The van der Waals surface area contributed by atoms with Crippen LogP contribution in [0.25, 0.3) is 0 Å². The van der Waals surface area contributed by atoms with E-state index in [9.17, 15) is 9.59 Å². The van der Waals surface area contributed by atoms with Crippen LogP contribution in [0.3, 0.4) is 0 Å². The lowest BCUT2D eigenvalue weighted by atomic mass is 9.60. The zero-order valence-corrected chi connectivity index (χ0v) is 35.0. The average molecular weight is 713 g/mol. The standard InChI is InChI=1S/C48H72O4/c1-44(2,3)36-26-32(27-37(30-36)45(4,5)6)42(49)51-40-20-16-34(17-21-40)48(24-14-13-15-25-48)35-18-22-41(23-19-35)52-43(50)33-28-38(46(7,8)9)31-39(29-33)47(10,11)12/h16-23,32-33,36-39H,13-15,24-31H2,1-12H3/t32?,36-,37+,38-,39-/m1/s1. The number of hydrogen-bond acceptors (Lipinski definition) is 4. The Morgan fingerprint density at radius 1 is 0.462 bits per heavy atom. The fourth-order valence-corrected chi connectivity index (χ4v) is 9.83. The molecular formula is C48H72O4. The third-order valence-electron chi connectivity index (χ3n) is 13.9. The van der Waals surface area contributed by atoms with Gasteiger partial charge in [0.05, 0.1) is 11.8 Å². The molecule has 0 heterocycles. The van der Waals surface area contributed by atoms with E-state index in [1.165, 1.54) is 43.2 Å². The first-order valence-electron chi connectivity index (χ1n) is 20.7. The van der Waals surface area contributed by atoms with E-state index in [-0.39, 0.29) is 50.8 Å². The van der Waals surface area contributed by atoms with Gasteiger partial charge >= 0.3 is 11.9 Å². The SMILES string of the molecule is CC(C)(C)[C@@H]1CC(C(=O)Oc2ccc(C3(c4ccc(OC(=O)C5C[C@@H](C(C)(C)C)C[C@@H](C(C)(C)C)C5)cc4)CCCCC3)cc2)C[C@@H](C(C)(C)C)C1. The molecular weight excluding hydrogens is 641 g/mol. The van der Waals surface area contributed by atoms with Crippen LogP contribution in [-0.2, 0) is 15.0 Å². The summed E-state index contributed by atoms with van der Waals surface area (Å²) in [6.45, 7) is 27.7. The summed E-state index contributed by atoms with van der Waals surface area (Å²) in [6.07, 6.45) is 11.7. The first-order chi connectivity index (χ1) is 24.1. The number of ether oxygens (including phenoxy) is 2. The lowest BCUT2D eigenvalue weighted by molar-refractivity contribution is -0.143. The van der Waals surface area contributed by atoms with Gasteiger partial charge < -0.3 is 9.47 Å². The van der Waals surface area contributed by atoms with Crippen molar-refractivity contribution in [3.05, 3.63) is 59.7 Å². The topological polar surface area (TPSA) is 52.6 Å². The molecule has 0 amide bonds. The molecule has 3 aliphatic rings. The Bertz CT molecular complexity index is 1350. The molecule has 2 aromatic carbocycles. The van der Waals surface area contributed by atoms with Gasteiger partial charge in [0.25, 0.3) is 0 Å². The summed E-state index contributed by atoms with van der Waals surface area (Å²) >= 11 is 0. The predicted octanol–water partition coefficient (Wildman–Crippen LogP) is 13.0.